The van der Waals surface area contributed by atoms with Crippen LogP contribution >= 0.6 is 0 Å². The van der Waals surface area contributed by atoms with Gasteiger partial charge in [-0.15, -0.1) is 0 Å². The van der Waals surface area contributed by atoms with E-state index in [1.807, 2.05) is 0 Å². The summed E-state index contributed by atoms with van der Waals surface area (Å²) in [5, 5.41) is 13.3. The molecule has 2 aliphatic rings. The first-order valence-electron chi connectivity index (χ1n) is 7.99. The fourth-order valence-corrected chi connectivity index (χ4v) is 3.38. The van der Waals surface area contributed by atoms with Crippen LogP contribution in [0.1, 0.15) is 45.4 Å². The molecule has 2 saturated carbocycles. The summed E-state index contributed by atoms with van der Waals surface area (Å²) in [6, 6.07) is 3.67. The maximum absolute atomic E-state index is 9.68. The molecule has 0 heterocycles. The van der Waals surface area contributed by atoms with Gasteiger partial charge in [-0.1, -0.05) is 6.42 Å². The van der Waals surface area contributed by atoms with Gasteiger partial charge >= 0.3 is 0 Å². The standard InChI is InChI=1S/C16H29N3O/c1-13(11-20-3)19(2)10-8-14-5-4-9-16(14,12-17)18-15-6-7-15/h13-15,18H,4-11H2,1-3H3. The lowest BCUT2D eigenvalue weighted by Crippen LogP contribution is -2.49. The molecule has 2 rings (SSSR count). The van der Waals surface area contributed by atoms with Gasteiger partial charge in [0.15, 0.2) is 0 Å². The van der Waals surface area contributed by atoms with Crippen LogP contribution < -0.4 is 5.32 Å². The van der Waals surface area contributed by atoms with Crippen molar-refractivity contribution in [2.75, 3.05) is 27.3 Å². The van der Waals surface area contributed by atoms with Crippen LogP contribution in [0.3, 0.4) is 0 Å². The third-order valence-electron chi connectivity index (χ3n) is 5.05. The number of ether oxygens (including phenoxy) is 1. The Hall–Kier alpha value is -0.630. The number of hydrogen-bond acceptors (Lipinski definition) is 4. The molecule has 20 heavy (non-hydrogen) atoms. The summed E-state index contributed by atoms with van der Waals surface area (Å²) in [7, 11) is 3.91. The molecule has 3 atom stereocenters. The van der Waals surface area contributed by atoms with Crippen LogP contribution in [-0.4, -0.2) is 49.8 Å². The largest absolute Gasteiger partial charge is 0.383 e. The van der Waals surface area contributed by atoms with E-state index >= 15 is 0 Å². The first-order valence-corrected chi connectivity index (χ1v) is 7.99. The Morgan fingerprint density at radius 2 is 2.20 bits per heavy atom. The molecule has 0 amide bonds. The minimum atomic E-state index is -0.244. The molecular weight excluding hydrogens is 250 g/mol. The van der Waals surface area contributed by atoms with Crippen LogP contribution in [0.5, 0.6) is 0 Å². The summed E-state index contributed by atoms with van der Waals surface area (Å²) < 4.78 is 5.21. The molecule has 2 aliphatic carbocycles. The normalized spacial score (nSPS) is 31.4. The third-order valence-corrected chi connectivity index (χ3v) is 5.05. The Morgan fingerprint density at radius 1 is 1.45 bits per heavy atom. The zero-order chi connectivity index (χ0) is 14.6. The van der Waals surface area contributed by atoms with Gasteiger partial charge in [0.1, 0.15) is 5.54 Å². The molecule has 0 aromatic heterocycles. The SMILES string of the molecule is COCC(C)N(C)CCC1CCCC1(C#N)NC1CC1. The molecule has 0 aromatic carbocycles. The van der Waals surface area contributed by atoms with Crippen LogP contribution in [0.2, 0.25) is 0 Å². The predicted molar refractivity (Wildman–Crippen MR) is 80.4 cm³/mol. The maximum Gasteiger partial charge on any atom is 0.109 e. The Morgan fingerprint density at radius 3 is 2.80 bits per heavy atom. The summed E-state index contributed by atoms with van der Waals surface area (Å²) >= 11 is 0. The van der Waals surface area contributed by atoms with Crippen molar-refractivity contribution in [2.24, 2.45) is 5.92 Å². The predicted octanol–water partition coefficient (Wildman–Crippen LogP) is 2.16. The topological polar surface area (TPSA) is 48.3 Å². The van der Waals surface area contributed by atoms with Gasteiger partial charge in [-0.05, 0) is 58.5 Å². The van der Waals surface area contributed by atoms with Crippen LogP contribution in [0.25, 0.3) is 0 Å². The van der Waals surface area contributed by atoms with E-state index in [0.29, 0.717) is 18.0 Å². The van der Waals surface area contributed by atoms with Gasteiger partial charge in [-0.25, -0.2) is 0 Å². The molecular formula is C16H29N3O. The van der Waals surface area contributed by atoms with Crippen molar-refractivity contribution < 1.29 is 4.74 Å². The van der Waals surface area contributed by atoms with Crippen molar-refractivity contribution in [2.45, 2.75) is 63.1 Å². The van der Waals surface area contributed by atoms with Gasteiger partial charge in [0.2, 0.25) is 0 Å². The van der Waals surface area contributed by atoms with E-state index in [1.165, 1.54) is 25.7 Å². The Kier molecular flexibility index (Phi) is 5.42. The highest BCUT2D eigenvalue weighted by atomic mass is 16.5. The molecule has 0 aliphatic heterocycles. The monoisotopic (exact) mass is 279 g/mol. The van der Waals surface area contributed by atoms with Crippen LogP contribution in [0, 0.1) is 17.2 Å². The molecule has 0 aromatic rings. The number of nitrogens with zero attached hydrogens (tertiary/aromatic N) is 2. The first-order chi connectivity index (χ1) is 9.61. The molecule has 0 saturated heterocycles. The van der Waals surface area contributed by atoms with E-state index in [9.17, 15) is 5.26 Å². The Balaban J connectivity index is 1.85. The lowest BCUT2D eigenvalue weighted by molar-refractivity contribution is 0.109. The second-order valence-corrected chi connectivity index (χ2v) is 6.66. The van der Waals surface area contributed by atoms with Gasteiger partial charge in [0.05, 0.1) is 12.7 Å². The molecule has 2 fully saturated rings. The second kappa shape index (κ2) is 6.89. The van der Waals surface area contributed by atoms with E-state index in [4.69, 9.17) is 4.74 Å². The third kappa shape index (κ3) is 3.72. The van der Waals surface area contributed by atoms with E-state index in [0.717, 1.165) is 26.0 Å². The summed E-state index contributed by atoms with van der Waals surface area (Å²) in [4.78, 5) is 2.35. The fraction of sp³-hybridized carbons (Fsp3) is 0.938. The van der Waals surface area contributed by atoms with Gasteiger partial charge < -0.3 is 9.64 Å². The maximum atomic E-state index is 9.68. The van der Waals surface area contributed by atoms with Crippen LogP contribution in [-0.2, 0) is 4.74 Å². The highest BCUT2D eigenvalue weighted by Gasteiger charge is 2.45. The summed E-state index contributed by atoms with van der Waals surface area (Å²) in [5.74, 6) is 0.505. The minimum absolute atomic E-state index is 0.244. The van der Waals surface area contributed by atoms with Crippen molar-refractivity contribution in [3.63, 3.8) is 0 Å². The smallest absolute Gasteiger partial charge is 0.109 e. The number of rotatable bonds is 8. The molecule has 1 N–H and O–H groups in total. The van der Waals surface area contributed by atoms with Gasteiger partial charge in [0, 0.05) is 19.2 Å². The van der Waals surface area contributed by atoms with Gasteiger partial charge in [0.25, 0.3) is 0 Å². The molecule has 0 bridgehead atoms. The molecule has 0 spiro atoms. The highest BCUT2D eigenvalue weighted by Crippen LogP contribution is 2.40. The Bertz CT molecular complexity index is 350. The van der Waals surface area contributed by atoms with E-state index in [-0.39, 0.29) is 5.54 Å². The van der Waals surface area contributed by atoms with Crippen molar-refractivity contribution in [3.05, 3.63) is 0 Å². The van der Waals surface area contributed by atoms with Crippen molar-refractivity contribution in [3.8, 4) is 6.07 Å². The van der Waals surface area contributed by atoms with E-state index in [1.54, 1.807) is 7.11 Å². The second-order valence-electron chi connectivity index (χ2n) is 6.66. The van der Waals surface area contributed by atoms with E-state index < -0.39 is 0 Å². The fourth-order valence-electron chi connectivity index (χ4n) is 3.38. The Labute approximate surface area is 123 Å². The number of hydrogen-bond donors (Lipinski definition) is 1. The quantitative estimate of drug-likeness (QED) is 0.739. The number of methoxy groups -OCH3 is 1. The van der Waals surface area contributed by atoms with Gasteiger partial charge in [-0.3, -0.25) is 5.32 Å². The van der Waals surface area contributed by atoms with E-state index in [2.05, 4.69) is 30.3 Å². The van der Waals surface area contributed by atoms with Crippen LogP contribution in [0.15, 0.2) is 0 Å². The first kappa shape index (κ1) is 15.8. The molecule has 4 heteroatoms. The summed E-state index contributed by atoms with van der Waals surface area (Å²) in [6.07, 6.45) is 7.02. The van der Waals surface area contributed by atoms with Crippen molar-refractivity contribution in [1.82, 2.24) is 10.2 Å². The number of nitriles is 1. The summed E-state index contributed by atoms with van der Waals surface area (Å²) in [5.41, 5.74) is -0.244. The lowest BCUT2D eigenvalue weighted by atomic mass is 9.85. The van der Waals surface area contributed by atoms with Crippen molar-refractivity contribution in [1.29, 1.82) is 5.26 Å². The lowest BCUT2D eigenvalue weighted by Gasteiger charge is -2.32. The molecule has 114 valence electrons. The highest BCUT2D eigenvalue weighted by molar-refractivity contribution is 5.16. The van der Waals surface area contributed by atoms with Crippen LogP contribution in [0.4, 0.5) is 0 Å². The average molecular weight is 279 g/mol. The number of nitrogens with one attached hydrogen (secondary N) is 1. The van der Waals surface area contributed by atoms with Gasteiger partial charge in [-0.2, -0.15) is 5.26 Å². The molecule has 4 nitrogen and oxygen atoms in total. The summed E-state index contributed by atoms with van der Waals surface area (Å²) in [6.45, 7) is 4.01. The zero-order valence-electron chi connectivity index (χ0n) is 13.2. The zero-order valence-corrected chi connectivity index (χ0v) is 13.2. The number of likely N-dealkylation sites (N-methyl/N-ethyl adjacent to an activating group) is 1. The van der Waals surface area contributed by atoms with Crippen molar-refractivity contribution >= 4 is 0 Å². The minimum Gasteiger partial charge on any atom is -0.383 e. The average Bonchev–Trinajstić information content (AvgIpc) is 3.16. The molecule has 0 radical (unpaired) electrons. The molecule has 3 unspecified atom stereocenters.